The standard InChI is InChI=1S/C25H19Cl2N5O5/c1-2-32-23(34)20(29-25(37)30-22-17(26)11-28-12-18(22)27)10-19(31-32)15-5-3-4-13(8-15)14-6-7-21(33)16(9-14)24(35)36/h3-12,33H,2H2,1H3,(H,35,36)(H2,28,29,30,37). The lowest BCUT2D eigenvalue weighted by atomic mass is 9.99. The van der Waals surface area contributed by atoms with Gasteiger partial charge in [-0.25, -0.2) is 14.3 Å². The van der Waals surface area contributed by atoms with E-state index in [9.17, 15) is 24.6 Å². The number of carbonyl (C=O) groups is 2. The van der Waals surface area contributed by atoms with E-state index >= 15 is 0 Å². The predicted molar refractivity (Wildman–Crippen MR) is 141 cm³/mol. The minimum atomic E-state index is -1.25. The van der Waals surface area contributed by atoms with E-state index in [0.29, 0.717) is 22.4 Å². The number of aryl methyl sites for hydroxylation is 1. The quantitative estimate of drug-likeness (QED) is 0.258. The third-order valence-electron chi connectivity index (χ3n) is 5.33. The average molecular weight is 540 g/mol. The van der Waals surface area contributed by atoms with E-state index in [-0.39, 0.29) is 39.3 Å². The molecule has 0 bridgehead atoms. The Kier molecular flexibility index (Phi) is 7.42. The summed E-state index contributed by atoms with van der Waals surface area (Å²) in [7, 11) is 0. The zero-order valence-corrected chi connectivity index (χ0v) is 20.7. The van der Waals surface area contributed by atoms with Gasteiger partial charge in [-0.3, -0.25) is 9.78 Å². The first-order valence-corrected chi connectivity index (χ1v) is 11.6. The number of carbonyl (C=O) groups excluding carboxylic acids is 1. The fraction of sp³-hybridized carbons (Fsp3) is 0.0800. The van der Waals surface area contributed by atoms with Crippen molar-refractivity contribution < 1.29 is 19.8 Å². The molecule has 2 amide bonds. The highest BCUT2D eigenvalue weighted by Gasteiger charge is 2.16. The first-order chi connectivity index (χ1) is 17.7. The van der Waals surface area contributed by atoms with Gasteiger partial charge in [0.2, 0.25) is 0 Å². The number of pyridine rings is 1. The van der Waals surface area contributed by atoms with Gasteiger partial charge in [-0.05, 0) is 42.3 Å². The van der Waals surface area contributed by atoms with Crippen molar-refractivity contribution in [1.29, 1.82) is 0 Å². The van der Waals surface area contributed by atoms with Gasteiger partial charge < -0.3 is 20.8 Å². The molecule has 10 nitrogen and oxygen atoms in total. The lowest BCUT2D eigenvalue weighted by Crippen LogP contribution is -2.29. The molecule has 0 fully saturated rings. The molecule has 12 heteroatoms. The Bertz CT molecular complexity index is 1570. The maximum atomic E-state index is 12.8. The van der Waals surface area contributed by atoms with Gasteiger partial charge in [0.25, 0.3) is 5.56 Å². The van der Waals surface area contributed by atoms with Crippen LogP contribution in [0, 0.1) is 0 Å². The number of rotatable bonds is 6. The van der Waals surface area contributed by atoms with Gasteiger partial charge >= 0.3 is 12.0 Å². The number of hydrogen-bond acceptors (Lipinski definition) is 6. The molecule has 0 atom stereocenters. The SMILES string of the molecule is CCn1nc(-c2cccc(-c3ccc(O)c(C(=O)O)c3)c2)cc(NC(=O)Nc2c(Cl)cncc2Cl)c1=O. The van der Waals surface area contributed by atoms with Crippen LogP contribution in [-0.4, -0.2) is 37.0 Å². The second-order valence-corrected chi connectivity index (χ2v) is 8.55. The summed E-state index contributed by atoms with van der Waals surface area (Å²) in [4.78, 5) is 40.7. The number of urea groups is 1. The zero-order valence-electron chi connectivity index (χ0n) is 19.2. The first-order valence-electron chi connectivity index (χ1n) is 10.8. The van der Waals surface area contributed by atoms with Crippen LogP contribution in [0.5, 0.6) is 5.75 Å². The third kappa shape index (κ3) is 5.55. The molecule has 4 N–H and O–H groups in total. The number of carboxylic acid groups (broad SMARTS) is 1. The molecule has 188 valence electrons. The molecule has 0 saturated carbocycles. The molecule has 4 aromatic rings. The highest BCUT2D eigenvalue weighted by Crippen LogP contribution is 2.30. The molecule has 2 heterocycles. The Morgan fingerprint density at radius 1 is 0.973 bits per heavy atom. The van der Waals surface area contributed by atoms with E-state index in [2.05, 4.69) is 20.7 Å². The van der Waals surface area contributed by atoms with Gasteiger partial charge in [0, 0.05) is 24.5 Å². The molecule has 2 aromatic carbocycles. The molecular weight excluding hydrogens is 521 g/mol. The summed E-state index contributed by atoms with van der Waals surface area (Å²) in [5.74, 6) is -1.59. The van der Waals surface area contributed by atoms with Crippen LogP contribution in [0.2, 0.25) is 10.0 Å². The summed E-state index contributed by atoms with van der Waals surface area (Å²) < 4.78 is 1.20. The number of halogens is 2. The maximum absolute atomic E-state index is 12.8. The van der Waals surface area contributed by atoms with Crippen molar-refractivity contribution >= 4 is 46.6 Å². The first kappa shape index (κ1) is 25.7. The Morgan fingerprint density at radius 2 is 1.65 bits per heavy atom. The van der Waals surface area contributed by atoms with Crippen LogP contribution in [0.1, 0.15) is 17.3 Å². The largest absolute Gasteiger partial charge is 0.507 e. The summed E-state index contributed by atoms with van der Waals surface area (Å²) in [5, 5.41) is 28.8. The Labute approximate surface area is 220 Å². The van der Waals surface area contributed by atoms with Crippen molar-refractivity contribution in [2.75, 3.05) is 10.6 Å². The number of nitrogens with zero attached hydrogens (tertiary/aromatic N) is 3. The smallest absolute Gasteiger partial charge is 0.339 e. The molecule has 0 unspecified atom stereocenters. The van der Waals surface area contributed by atoms with E-state index in [1.165, 1.54) is 35.3 Å². The number of aromatic carboxylic acids is 1. The summed E-state index contributed by atoms with van der Waals surface area (Å²) in [6, 6.07) is 12.0. The Hall–Kier alpha value is -4.41. The number of hydrogen-bond donors (Lipinski definition) is 4. The number of aromatic hydroxyl groups is 1. The highest BCUT2D eigenvalue weighted by atomic mass is 35.5. The average Bonchev–Trinajstić information content (AvgIpc) is 2.87. The number of amides is 2. The predicted octanol–water partition coefficient (Wildman–Crippen LogP) is 5.35. The number of nitrogens with one attached hydrogen (secondary N) is 2. The van der Waals surface area contributed by atoms with Crippen LogP contribution in [0.4, 0.5) is 16.2 Å². The number of phenols is 1. The number of aromatic nitrogens is 3. The number of carboxylic acids is 1. The molecule has 0 aliphatic rings. The fourth-order valence-electron chi connectivity index (χ4n) is 3.53. The van der Waals surface area contributed by atoms with Gasteiger partial charge in [0.15, 0.2) is 0 Å². The normalized spacial score (nSPS) is 10.7. The zero-order chi connectivity index (χ0) is 26.7. The van der Waals surface area contributed by atoms with Crippen LogP contribution in [-0.2, 0) is 6.54 Å². The monoisotopic (exact) mass is 539 g/mol. The summed E-state index contributed by atoms with van der Waals surface area (Å²) in [6.45, 7) is 1.98. The molecule has 0 spiro atoms. The van der Waals surface area contributed by atoms with E-state index in [4.69, 9.17) is 23.2 Å². The second kappa shape index (κ2) is 10.7. The van der Waals surface area contributed by atoms with E-state index in [0.717, 1.165) is 0 Å². The Balaban J connectivity index is 1.69. The molecular formula is C25H19Cl2N5O5. The van der Waals surface area contributed by atoms with Gasteiger partial charge in [-0.1, -0.05) is 47.5 Å². The van der Waals surface area contributed by atoms with E-state index in [1.54, 1.807) is 37.3 Å². The second-order valence-electron chi connectivity index (χ2n) is 7.74. The van der Waals surface area contributed by atoms with E-state index in [1.807, 2.05) is 0 Å². The van der Waals surface area contributed by atoms with Crippen molar-refractivity contribution in [3.8, 4) is 28.1 Å². The minimum absolute atomic E-state index is 0.0335. The molecule has 0 aliphatic heterocycles. The summed E-state index contributed by atoms with van der Waals surface area (Å²) in [6.07, 6.45) is 2.64. The third-order valence-corrected chi connectivity index (χ3v) is 5.91. The van der Waals surface area contributed by atoms with Crippen molar-refractivity contribution in [3.63, 3.8) is 0 Å². The van der Waals surface area contributed by atoms with Gasteiger partial charge in [0.1, 0.15) is 17.0 Å². The van der Waals surface area contributed by atoms with Crippen molar-refractivity contribution in [2.45, 2.75) is 13.5 Å². The van der Waals surface area contributed by atoms with Crippen LogP contribution in [0.25, 0.3) is 22.4 Å². The molecule has 2 aromatic heterocycles. The van der Waals surface area contributed by atoms with Gasteiger partial charge in [0.05, 0.1) is 21.4 Å². The van der Waals surface area contributed by atoms with E-state index < -0.39 is 17.6 Å². The van der Waals surface area contributed by atoms with Crippen molar-refractivity contribution in [1.82, 2.24) is 14.8 Å². The van der Waals surface area contributed by atoms with Crippen LogP contribution in [0.15, 0.2) is 65.7 Å². The summed E-state index contributed by atoms with van der Waals surface area (Å²) >= 11 is 12.1. The molecule has 0 saturated heterocycles. The van der Waals surface area contributed by atoms with Crippen LogP contribution >= 0.6 is 23.2 Å². The lowest BCUT2D eigenvalue weighted by Gasteiger charge is -2.13. The fourth-order valence-corrected chi connectivity index (χ4v) is 3.99. The van der Waals surface area contributed by atoms with Crippen LogP contribution < -0.4 is 16.2 Å². The van der Waals surface area contributed by atoms with Gasteiger partial charge in [-0.15, -0.1) is 0 Å². The van der Waals surface area contributed by atoms with Crippen molar-refractivity contribution in [2.24, 2.45) is 0 Å². The van der Waals surface area contributed by atoms with Crippen LogP contribution in [0.3, 0.4) is 0 Å². The summed E-state index contributed by atoms with van der Waals surface area (Å²) in [5.41, 5.74) is 1.57. The molecule has 37 heavy (non-hydrogen) atoms. The van der Waals surface area contributed by atoms with Crippen molar-refractivity contribution in [3.05, 3.63) is 86.9 Å². The molecule has 0 radical (unpaired) electrons. The topological polar surface area (TPSA) is 146 Å². The highest BCUT2D eigenvalue weighted by molar-refractivity contribution is 6.39. The lowest BCUT2D eigenvalue weighted by molar-refractivity contribution is 0.0693. The Morgan fingerprint density at radius 3 is 2.32 bits per heavy atom. The number of benzene rings is 2. The maximum Gasteiger partial charge on any atom is 0.339 e. The molecule has 0 aliphatic carbocycles. The molecule has 4 rings (SSSR count). The minimum Gasteiger partial charge on any atom is -0.507 e. The van der Waals surface area contributed by atoms with Gasteiger partial charge in [-0.2, -0.15) is 5.10 Å². The number of anilines is 2.